The molecule has 0 N–H and O–H groups in total. The maximum absolute atomic E-state index is 11.8. The Morgan fingerprint density at radius 2 is 1.59 bits per heavy atom. The third-order valence-electron chi connectivity index (χ3n) is 4.94. The lowest BCUT2D eigenvalue weighted by Gasteiger charge is -2.19. The Morgan fingerprint density at radius 3 is 2.07 bits per heavy atom. The Hall–Kier alpha value is -3.27. The van der Waals surface area contributed by atoms with Crippen LogP contribution >= 0.6 is 0 Å². The Morgan fingerprint density at radius 1 is 0.963 bits per heavy atom. The van der Waals surface area contributed by atoms with Gasteiger partial charge in [0, 0.05) is 24.6 Å². The molecule has 3 aromatic rings. The molecular formula is C23H21N3O. The van der Waals surface area contributed by atoms with Crippen LogP contribution in [-0.2, 0) is 4.79 Å². The van der Waals surface area contributed by atoms with Crippen LogP contribution in [0.2, 0.25) is 0 Å². The minimum absolute atomic E-state index is 0.0678. The highest BCUT2D eigenvalue weighted by Gasteiger charge is 2.29. The first-order chi connectivity index (χ1) is 13.2. The van der Waals surface area contributed by atoms with Gasteiger partial charge in [0.1, 0.15) is 0 Å². The molecule has 2 heterocycles. The maximum Gasteiger partial charge on any atom is 0.222 e. The average molecular weight is 355 g/mol. The average Bonchev–Trinajstić information content (AvgIpc) is 3.06. The van der Waals surface area contributed by atoms with Crippen LogP contribution in [0.25, 0.3) is 0 Å². The normalized spacial score (nSPS) is 16.4. The fourth-order valence-corrected chi connectivity index (χ4v) is 3.43. The van der Waals surface area contributed by atoms with Crippen LogP contribution in [0.5, 0.6) is 0 Å². The van der Waals surface area contributed by atoms with Gasteiger partial charge >= 0.3 is 0 Å². The number of rotatable bonds is 4. The molecule has 2 aromatic carbocycles. The standard InChI is InChI=1S/C23H21N3O/c1-26-21(14-15-22(26)27)20-13-12-19(16-24-20)25-23(17-8-4-2-5-9-17)18-10-6-3-7-11-18/h2-13,16,21H,14-15H2,1H3. The summed E-state index contributed by atoms with van der Waals surface area (Å²) < 4.78 is 0. The molecule has 1 fully saturated rings. The van der Waals surface area contributed by atoms with Gasteiger partial charge in [0.15, 0.2) is 0 Å². The zero-order chi connectivity index (χ0) is 18.6. The Balaban J connectivity index is 1.68. The van der Waals surface area contributed by atoms with Gasteiger partial charge in [-0.3, -0.25) is 9.78 Å². The smallest absolute Gasteiger partial charge is 0.222 e. The third-order valence-corrected chi connectivity index (χ3v) is 4.94. The van der Waals surface area contributed by atoms with Gasteiger partial charge in [-0.25, -0.2) is 4.99 Å². The molecule has 1 unspecified atom stereocenters. The number of nitrogens with zero attached hydrogens (tertiary/aromatic N) is 3. The number of hydrogen-bond donors (Lipinski definition) is 0. The summed E-state index contributed by atoms with van der Waals surface area (Å²) in [6, 6.07) is 24.3. The molecule has 134 valence electrons. The minimum atomic E-state index is 0.0678. The van der Waals surface area contributed by atoms with Crippen LogP contribution in [0.15, 0.2) is 84.0 Å². The monoisotopic (exact) mass is 355 g/mol. The van der Waals surface area contributed by atoms with Crippen molar-refractivity contribution in [2.45, 2.75) is 18.9 Å². The fourth-order valence-electron chi connectivity index (χ4n) is 3.43. The second-order valence-electron chi connectivity index (χ2n) is 6.69. The summed E-state index contributed by atoms with van der Waals surface area (Å²) in [6.45, 7) is 0. The van der Waals surface area contributed by atoms with E-state index in [0.717, 1.165) is 34.6 Å². The highest BCUT2D eigenvalue weighted by molar-refractivity contribution is 6.13. The topological polar surface area (TPSA) is 45.6 Å². The predicted octanol–water partition coefficient (Wildman–Crippen LogP) is 4.54. The summed E-state index contributed by atoms with van der Waals surface area (Å²) in [7, 11) is 1.84. The summed E-state index contributed by atoms with van der Waals surface area (Å²) in [5, 5.41) is 0. The molecule has 1 aliphatic rings. The van der Waals surface area contributed by atoms with Crippen LogP contribution < -0.4 is 0 Å². The van der Waals surface area contributed by atoms with E-state index < -0.39 is 0 Å². The molecule has 1 aliphatic heterocycles. The first kappa shape index (κ1) is 17.2. The number of likely N-dealkylation sites (tertiary alicyclic amines) is 1. The molecule has 4 heteroatoms. The van der Waals surface area contributed by atoms with Gasteiger partial charge in [-0.15, -0.1) is 0 Å². The molecule has 0 radical (unpaired) electrons. The van der Waals surface area contributed by atoms with E-state index in [1.54, 1.807) is 11.1 Å². The molecule has 0 spiro atoms. The Bertz CT molecular complexity index is 908. The van der Waals surface area contributed by atoms with E-state index in [4.69, 9.17) is 4.99 Å². The van der Waals surface area contributed by atoms with Crippen molar-refractivity contribution < 1.29 is 4.79 Å². The van der Waals surface area contributed by atoms with Gasteiger partial charge in [0.25, 0.3) is 0 Å². The highest BCUT2D eigenvalue weighted by Crippen LogP contribution is 2.30. The third kappa shape index (κ3) is 3.65. The highest BCUT2D eigenvalue weighted by atomic mass is 16.2. The SMILES string of the molecule is CN1C(=O)CCC1c1ccc(N=C(c2ccccc2)c2ccccc2)cn1. The summed E-state index contributed by atoms with van der Waals surface area (Å²) in [5.41, 5.74) is 4.76. The van der Waals surface area contributed by atoms with Gasteiger partial charge in [0.05, 0.1) is 29.3 Å². The summed E-state index contributed by atoms with van der Waals surface area (Å²) >= 11 is 0. The number of aliphatic imine (C=N–C) groups is 1. The quantitative estimate of drug-likeness (QED) is 0.645. The van der Waals surface area contributed by atoms with E-state index in [2.05, 4.69) is 29.2 Å². The molecule has 1 aromatic heterocycles. The van der Waals surface area contributed by atoms with Crippen LogP contribution in [0.3, 0.4) is 0 Å². The predicted molar refractivity (Wildman–Crippen MR) is 107 cm³/mol. The van der Waals surface area contributed by atoms with Crippen LogP contribution in [0.1, 0.15) is 35.7 Å². The number of amides is 1. The largest absolute Gasteiger partial charge is 0.337 e. The zero-order valence-corrected chi connectivity index (χ0v) is 15.2. The van der Waals surface area contributed by atoms with Crippen molar-refractivity contribution in [3.63, 3.8) is 0 Å². The maximum atomic E-state index is 11.8. The number of hydrogen-bond acceptors (Lipinski definition) is 3. The van der Waals surface area contributed by atoms with Crippen molar-refractivity contribution in [3.8, 4) is 0 Å². The molecule has 0 bridgehead atoms. The van der Waals surface area contributed by atoms with Gasteiger partial charge in [-0.2, -0.15) is 0 Å². The van der Waals surface area contributed by atoms with Crippen molar-refractivity contribution in [1.29, 1.82) is 0 Å². The van der Waals surface area contributed by atoms with E-state index in [0.29, 0.717) is 6.42 Å². The van der Waals surface area contributed by atoms with Crippen molar-refractivity contribution in [2.24, 2.45) is 4.99 Å². The fraction of sp³-hybridized carbons (Fsp3) is 0.174. The molecule has 1 saturated heterocycles. The van der Waals surface area contributed by atoms with Gasteiger partial charge in [-0.05, 0) is 18.6 Å². The Kier molecular flexibility index (Phi) is 4.79. The van der Waals surface area contributed by atoms with Crippen LogP contribution in [0, 0.1) is 0 Å². The zero-order valence-electron chi connectivity index (χ0n) is 15.2. The van der Waals surface area contributed by atoms with Crippen LogP contribution in [0.4, 0.5) is 5.69 Å². The van der Waals surface area contributed by atoms with Gasteiger partial charge in [0.2, 0.25) is 5.91 Å². The van der Waals surface area contributed by atoms with Crippen molar-refractivity contribution in [1.82, 2.24) is 9.88 Å². The molecule has 4 nitrogen and oxygen atoms in total. The molecular weight excluding hydrogens is 334 g/mol. The van der Waals surface area contributed by atoms with E-state index in [1.807, 2.05) is 55.6 Å². The lowest BCUT2D eigenvalue weighted by Crippen LogP contribution is -2.23. The first-order valence-electron chi connectivity index (χ1n) is 9.13. The molecule has 1 atom stereocenters. The summed E-state index contributed by atoms with van der Waals surface area (Å²) in [6.07, 6.45) is 3.21. The van der Waals surface area contributed by atoms with Crippen LogP contribution in [-0.4, -0.2) is 28.6 Å². The van der Waals surface area contributed by atoms with E-state index >= 15 is 0 Å². The molecule has 0 saturated carbocycles. The number of aromatic nitrogens is 1. The van der Waals surface area contributed by atoms with Crippen molar-refractivity contribution in [2.75, 3.05) is 7.05 Å². The van der Waals surface area contributed by atoms with E-state index in [1.165, 1.54) is 0 Å². The van der Waals surface area contributed by atoms with Crippen molar-refractivity contribution in [3.05, 3.63) is 95.8 Å². The number of pyridine rings is 1. The van der Waals surface area contributed by atoms with E-state index in [-0.39, 0.29) is 11.9 Å². The molecule has 0 aliphatic carbocycles. The summed E-state index contributed by atoms with van der Waals surface area (Å²) in [5.74, 6) is 0.180. The first-order valence-corrected chi connectivity index (χ1v) is 9.13. The molecule has 1 amide bonds. The number of benzene rings is 2. The Labute approximate surface area is 159 Å². The molecule has 27 heavy (non-hydrogen) atoms. The van der Waals surface area contributed by atoms with Gasteiger partial charge < -0.3 is 4.90 Å². The second kappa shape index (κ2) is 7.54. The summed E-state index contributed by atoms with van der Waals surface area (Å²) in [4.78, 5) is 23.0. The lowest BCUT2D eigenvalue weighted by molar-refractivity contribution is -0.127. The second-order valence-corrected chi connectivity index (χ2v) is 6.69. The van der Waals surface area contributed by atoms with E-state index in [9.17, 15) is 4.79 Å². The molecule has 4 rings (SSSR count). The number of carbonyl (C=O) groups is 1. The van der Waals surface area contributed by atoms with Gasteiger partial charge in [-0.1, -0.05) is 60.7 Å². The number of carbonyl (C=O) groups excluding carboxylic acids is 1. The van der Waals surface area contributed by atoms with Crippen molar-refractivity contribution >= 4 is 17.3 Å². The lowest BCUT2D eigenvalue weighted by atomic mass is 10.0. The minimum Gasteiger partial charge on any atom is -0.337 e.